The van der Waals surface area contributed by atoms with Crippen LogP contribution in [0.15, 0.2) is 17.0 Å². The number of hydrogen-bond acceptors (Lipinski definition) is 2. The largest absolute Gasteiger partial charge is 0.478 e. The zero-order valence-electron chi connectivity index (χ0n) is 9.34. The van der Waals surface area contributed by atoms with Crippen molar-refractivity contribution in [2.45, 2.75) is 24.4 Å². The van der Waals surface area contributed by atoms with Gasteiger partial charge < -0.3 is 5.11 Å². The summed E-state index contributed by atoms with van der Waals surface area (Å²) in [5, 5.41) is 8.48. The second-order valence-electron chi connectivity index (χ2n) is 3.46. The molecule has 18 heavy (non-hydrogen) atoms. The van der Waals surface area contributed by atoms with E-state index in [4.69, 9.17) is 16.7 Å². The van der Waals surface area contributed by atoms with Crippen LogP contribution < -0.4 is 0 Å². The third kappa shape index (κ3) is 3.32. The van der Waals surface area contributed by atoms with Crippen LogP contribution in [0.2, 0.25) is 5.02 Å². The average Bonchev–Trinajstić information content (AvgIpc) is 2.25. The first-order chi connectivity index (χ1) is 8.29. The highest BCUT2D eigenvalue weighted by Crippen LogP contribution is 2.42. The van der Waals surface area contributed by atoms with Gasteiger partial charge in [-0.3, -0.25) is 0 Å². The summed E-state index contributed by atoms with van der Waals surface area (Å²) in [7, 11) is 0. The number of carbonyl (C=O) groups is 1. The van der Waals surface area contributed by atoms with Crippen LogP contribution in [0.1, 0.15) is 29.3 Å². The molecule has 7 heteroatoms. The molecule has 0 saturated carbocycles. The molecule has 0 fully saturated rings. The van der Waals surface area contributed by atoms with Crippen LogP contribution in [0, 0.1) is 0 Å². The van der Waals surface area contributed by atoms with Crippen LogP contribution in [-0.2, 0) is 6.18 Å². The van der Waals surface area contributed by atoms with Crippen molar-refractivity contribution in [3.8, 4) is 0 Å². The average molecular weight is 299 g/mol. The number of thioether (sulfide) groups is 1. The maximum atomic E-state index is 12.8. The quantitative estimate of drug-likeness (QED) is 0.828. The van der Waals surface area contributed by atoms with Gasteiger partial charge in [0.25, 0.3) is 0 Å². The Bertz CT molecular complexity index is 460. The number of halogens is 4. The minimum atomic E-state index is -4.54. The maximum absolute atomic E-state index is 12.8. The summed E-state index contributed by atoms with van der Waals surface area (Å²) in [6, 6.07) is 1.64. The molecule has 0 aliphatic heterocycles. The minimum Gasteiger partial charge on any atom is -0.478 e. The highest BCUT2D eigenvalue weighted by atomic mass is 35.5. The van der Waals surface area contributed by atoms with Gasteiger partial charge >= 0.3 is 12.1 Å². The SMILES string of the molecule is CCCSc1c(C(F)(F)F)ccc(C(=O)O)c1Cl. The van der Waals surface area contributed by atoms with Gasteiger partial charge in [0.15, 0.2) is 0 Å². The number of alkyl halides is 3. The third-order valence-electron chi connectivity index (χ3n) is 2.08. The standard InChI is InChI=1S/C11H10ClF3O2S/c1-2-5-18-9-7(11(13,14)15)4-3-6(8(9)12)10(16)17/h3-4H,2,5H2,1H3,(H,16,17). The Balaban J connectivity index is 3.36. The third-order valence-corrected chi connectivity index (χ3v) is 3.91. The van der Waals surface area contributed by atoms with Crippen LogP contribution in [0.5, 0.6) is 0 Å². The van der Waals surface area contributed by atoms with Gasteiger partial charge in [0, 0.05) is 4.90 Å². The molecular formula is C11H10ClF3O2S. The number of carboxylic acid groups (broad SMARTS) is 1. The van der Waals surface area contributed by atoms with E-state index in [1.807, 2.05) is 6.92 Å². The molecule has 0 aliphatic rings. The monoisotopic (exact) mass is 298 g/mol. The van der Waals surface area contributed by atoms with Crippen molar-refractivity contribution in [1.29, 1.82) is 0 Å². The van der Waals surface area contributed by atoms with Gasteiger partial charge in [0.2, 0.25) is 0 Å². The van der Waals surface area contributed by atoms with Gasteiger partial charge in [-0.05, 0) is 24.3 Å². The summed E-state index contributed by atoms with van der Waals surface area (Å²) >= 11 is 6.67. The Labute approximate surface area is 111 Å². The summed E-state index contributed by atoms with van der Waals surface area (Å²) in [5.74, 6) is -0.904. The van der Waals surface area contributed by atoms with Crippen molar-refractivity contribution < 1.29 is 23.1 Å². The van der Waals surface area contributed by atoms with E-state index in [1.165, 1.54) is 0 Å². The van der Waals surface area contributed by atoms with E-state index < -0.39 is 17.7 Å². The lowest BCUT2D eigenvalue weighted by molar-refractivity contribution is -0.139. The molecule has 0 saturated heterocycles. The molecule has 0 amide bonds. The number of rotatable bonds is 4. The van der Waals surface area contributed by atoms with Crippen LogP contribution in [0.3, 0.4) is 0 Å². The topological polar surface area (TPSA) is 37.3 Å². The number of hydrogen-bond donors (Lipinski definition) is 1. The lowest BCUT2D eigenvalue weighted by Crippen LogP contribution is -2.09. The summed E-state index contributed by atoms with van der Waals surface area (Å²) in [6.07, 6.45) is -3.88. The highest BCUT2D eigenvalue weighted by Gasteiger charge is 2.35. The smallest absolute Gasteiger partial charge is 0.417 e. The fourth-order valence-corrected chi connectivity index (χ4v) is 2.68. The van der Waals surface area contributed by atoms with Gasteiger partial charge in [0.1, 0.15) is 0 Å². The predicted octanol–water partition coefficient (Wildman–Crippen LogP) is 4.56. The summed E-state index contributed by atoms with van der Waals surface area (Å²) < 4.78 is 38.3. The molecule has 0 aliphatic carbocycles. The Morgan fingerprint density at radius 1 is 1.44 bits per heavy atom. The number of aromatic carboxylic acids is 1. The normalized spacial score (nSPS) is 11.6. The van der Waals surface area contributed by atoms with E-state index >= 15 is 0 Å². The van der Waals surface area contributed by atoms with Crippen molar-refractivity contribution in [3.63, 3.8) is 0 Å². The van der Waals surface area contributed by atoms with E-state index in [0.717, 1.165) is 23.9 Å². The van der Waals surface area contributed by atoms with Gasteiger partial charge in [-0.2, -0.15) is 13.2 Å². The van der Waals surface area contributed by atoms with Gasteiger partial charge in [0.05, 0.1) is 16.1 Å². The van der Waals surface area contributed by atoms with Crippen LogP contribution in [0.4, 0.5) is 13.2 Å². The second-order valence-corrected chi connectivity index (χ2v) is 4.94. The Morgan fingerprint density at radius 3 is 2.50 bits per heavy atom. The molecule has 0 atom stereocenters. The molecule has 0 aromatic heterocycles. The molecular weight excluding hydrogens is 289 g/mol. The first-order valence-corrected chi connectivity index (χ1v) is 6.41. The minimum absolute atomic E-state index is 0.217. The van der Waals surface area contributed by atoms with Gasteiger partial charge in [-0.15, -0.1) is 11.8 Å². The maximum Gasteiger partial charge on any atom is 0.417 e. The Morgan fingerprint density at radius 2 is 2.06 bits per heavy atom. The first kappa shape index (κ1) is 15.2. The highest BCUT2D eigenvalue weighted by molar-refractivity contribution is 7.99. The van der Waals surface area contributed by atoms with Crippen molar-refractivity contribution in [1.82, 2.24) is 0 Å². The van der Waals surface area contributed by atoms with Crippen molar-refractivity contribution in [2.75, 3.05) is 5.75 Å². The van der Waals surface area contributed by atoms with Crippen molar-refractivity contribution in [2.24, 2.45) is 0 Å². The fraction of sp³-hybridized carbons (Fsp3) is 0.364. The first-order valence-electron chi connectivity index (χ1n) is 5.04. The van der Waals surface area contributed by atoms with Crippen molar-refractivity contribution in [3.05, 3.63) is 28.3 Å². The van der Waals surface area contributed by atoms with E-state index in [2.05, 4.69) is 0 Å². The molecule has 0 heterocycles. The molecule has 0 unspecified atom stereocenters. The zero-order valence-corrected chi connectivity index (χ0v) is 10.9. The van der Waals surface area contributed by atoms with E-state index in [0.29, 0.717) is 12.2 Å². The van der Waals surface area contributed by atoms with Crippen LogP contribution in [-0.4, -0.2) is 16.8 Å². The Kier molecular flexibility index (Phi) is 4.92. The molecule has 100 valence electrons. The second kappa shape index (κ2) is 5.84. The molecule has 1 N–H and O–H groups in total. The van der Waals surface area contributed by atoms with Gasteiger partial charge in [-0.1, -0.05) is 18.5 Å². The van der Waals surface area contributed by atoms with E-state index in [9.17, 15) is 18.0 Å². The lowest BCUT2D eigenvalue weighted by atomic mass is 10.1. The molecule has 0 bridgehead atoms. The van der Waals surface area contributed by atoms with Crippen molar-refractivity contribution >= 4 is 29.3 Å². The molecule has 1 aromatic carbocycles. The molecule has 0 spiro atoms. The number of benzene rings is 1. The van der Waals surface area contributed by atoms with Crippen LogP contribution in [0.25, 0.3) is 0 Å². The molecule has 1 rings (SSSR count). The summed E-state index contributed by atoms with van der Waals surface area (Å²) in [6.45, 7) is 1.81. The van der Waals surface area contributed by atoms with E-state index in [1.54, 1.807) is 0 Å². The number of carboxylic acids is 1. The van der Waals surface area contributed by atoms with Crippen LogP contribution >= 0.6 is 23.4 Å². The predicted molar refractivity (Wildman–Crippen MR) is 64.4 cm³/mol. The summed E-state index contributed by atoms with van der Waals surface area (Å²) in [5.41, 5.74) is -1.21. The fourth-order valence-electron chi connectivity index (χ4n) is 1.29. The van der Waals surface area contributed by atoms with Gasteiger partial charge in [-0.25, -0.2) is 4.79 Å². The lowest BCUT2D eigenvalue weighted by Gasteiger charge is -2.15. The molecule has 1 aromatic rings. The van der Waals surface area contributed by atoms with E-state index in [-0.39, 0.29) is 15.5 Å². The molecule has 2 nitrogen and oxygen atoms in total. The zero-order chi connectivity index (χ0) is 13.9. The summed E-state index contributed by atoms with van der Waals surface area (Å²) in [4.78, 5) is 10.6. The Hall–Kier alpha value is -0.880. The molecule has 0 radical (unpaired) electrons.